The summed E-state index contributed by atoms with van der Waals surface area (Å²) in [6.07, 6.45) is 3.88. The number of aromatic nitrogens is 3. The summed E-state index contributed by atoms with van der Waals surface area (Å²) in [5.41, 5.74) is 0.275. The van der Waals surface area contributed by atoms with Crippen molar-refractivity contribution in [1.29, 1.82) is 0 Å². The van der Waals surface area contributed by atoms with Crippen LogP contribution in [0.1, 0.15) is 47.7 Å². The molecule has 1 aliphatic heterocycles. The second-order valence-corrected chi connectivity index (χ2v) is 9.56. The fourth-order valence-electron chi connectivity index (χ4n) is 4.41. The molecule has 0 unspecified atom stereocenters. The van der Waals surface area contributed by atoms with Crippen LogP contribution in [0.2, 0.25) is 0 Å². The first-order valence-corrected chi connectivity index (χ1v) is 11.0. The van der Waals surface area contributed by atoms with Gasteiger partial charge in [0.1, 0.15) is 10.8 Å². The quantitative estimate of drug-likeness (QED) is 0.673. The monoisotopic (exact) mass is 440 g/mol. The maximum atomic E-state index is 13.1. The summed E-state index contributed by atoms with van der Waals surface area (Å²) in [7, 11) is 0. The number of benzene rings is 1. The van der Waals surface area contributed by atoms with Crippen molar-refractivity contribution in [3.63, 3.8) is 0 Å². The Morgan fingerprint density at radius 2 is 1.90 bits per heavy atom. The molecule has 2 aromatic heterocycles. The maximum absolute atomic E-state index is 13.1. The van der Waals surface area contributed by atoms with Crippen LogP contribution in [0, 0.1) is 5.82 Å². The van der Waals surface area contributed by atoms with E-state index in [9.17, 15) is 19.1 Å². The number of hydrogen-bond acceptors (Lipinski definition) is 6. The minimum atomic E-state index is -0.625. The standard InChI is InChI=1S/C22H21FN4O3S/c1-12(2)27-21(30)17-19(29)18(28)15(10-26(17)11-22(27)7-8-22)20-25-24-16(31-20)9-13-3-5-14(23)6-4-13/h3-6,10,12,29H,7-9,11H2,1-2H3. The van der Waals surface area contributed by atoms with Crippen LogP contribution in [0.4, 0.5) is 4.39 Å². The van der Waals surface area contributed by atoms with E-state index >= 15 is 0 Å². The highest BCUT2D eigenvalue weighted by atomic mass is 32.1. The molecule has 1 spiro atoms. The van der Waals surface area contributed by atoms with Crippen molar-refractivity contribution < 1.29 is 14.3 Å². The van der Waals surface area contributed by atoms with Crippen LogP contribution >= 0.6 is 11.3 Å². The number of amides is 1. The van der Waals surface area contributed by atoms with Gasteiger partial charge in [-0.1, -0.05) is 23.5 Å². The van der Waals surface area contributed by atoms with Crippen LogP contribution in [-0.2, 0) is 13.0 Å². The molecular weight excluding hydrogens is 419 g/mol. The highest BCUT2D eigenvalue weighted by Gasteiger charge is 2.55. The third-order valence-electron chi connectivity index (χ3n) is 5.96. The molecule has 9 heteroatoms. The van der Waals surface area contributed by atoms with Crippen molar-refractivity contribution in [3.05, 3.63) is 62.8 Å². The fourth-order valence-corrected chi connectivity index (χ4v) is 5.29. The molecule has 3 aromatic rings. The lowest BCUT2D eigenvalue weighted by molar-refractivity contribution is 0.0455. The molecule has 5 rings (SSSR count). The molecule has 7 nitrogen and oxygen atoms in total. The van der Waals surface area contributed by atoms with Gasteiger partial charge in [0.05, 0.1) is 11.1 Å². The number of halogens is 1. The Morgan fingerprint density at radius 3 is 2.55 bits per heavy atom. The number of carbonyl (C=O) groups excluding carboxylic acids is 1. The van der Waals surface area contributed by atoms with Crippen LogP contribution in [0.5, 0.6) is 5.75 Å². The van der Waals surface area contributed by atoms with Crippen molar-refractivity contribution >= 4 is 17.2 Å². The zero-order valence-electron chi connectivity index (χ0n) is 17.1. The first-order chi connectivity index (χ1) is 14.8. The van der Waals surface area contributed by atoms with E-state index in [0.29, 0.717) is 23.0 Å². The summed E-state index contributed by atoms with van der Waals surface area (Å²) < 4.78 is 14.8. The van der Waals surface area contributed by atoms with E-state index in [1.54, 1.807) is 27.8 Å². The van der Waals surface area contributed by atoms with Gasteiger partial charge in [-0.25, -0.2) is 4.39 Å². The van der Waals surface area contributed by atoms with Gasteiger partial charge in [-0.3, -0.25) is 9.59 Å². The minimum Gasteiger partial charge on any atom is -0.503 e. The molecule has 0 saturated heterocycles. The largest absolute Gasteiger partial charge is 0.503 e. The van der Waals surface area contributed by atoms with Crippen LogP contribution in [-0.4, -0.2) is 42.3 Å². The molecule has 1 fully saturated rings. The van der Waals surface area contributed by atoms with Gasteiger partial charge in [0.2, 0.25) is 5.43 Å². The Labute approximate surface area is 181 Å². The molecule has 0 radical (unpaired) electrons. The lowest BCUT2D eigenvalue weighted by atomic mass is 10.0. The van der Waals surface area contributed by atoms with E-state index in [2.05, 4.69) is 10.2 Å². The average Bonchev–Trinajstić information content (AvgIpc) is 3.31. The van der Waals surface area contributed by atoms with Gasteiger partial charge in [-0.15, -0.1) is 10.2 Å². The number of fused-ring (bicyclic) bond motifs is 1. The summed E-state index contributed by atoms with van der Waals surface area (Å²) in [6, 6.07) is 6.11. The van der Waals surface area contributed by atoms with Gasteiger partial charge >= 0.3 is 0 Å². The molecule has 31 heavy (non-hydrogen) atoms. The molecule has 1 aliphatic carbocycles. The van der Waals surface area contributed by atoms with E-state index < -0.39 is 11.2 Å². The molecule has 3 heterocycles. The Hall–Kier alpha value is -3.07. The van der Waals surface area contributed by atoms with Crippen molar-refractivity contribution in [2.75, 3.05) is 0 Å². The molecular formula is C22H21FN4O3S. The molecule has 1 aromatic carbocycles. The Bertz CT molecular complexity index is 1240. The zero-order chi connectivity index (χ0) is 21.9. The Morgan fingerprint density at radius 1 is 1.19 bits per heavy atom. The normalized spacial score (nSPS) is 16.8. The Kier molecular flexibility index (Phi) is 4.47. The zero-order valence-corrected chi connectivity index (χ0v) is 17.9. The van der Waals surface area contributed by atoms with E-state index in [1.165, 1.54) is 23.5 Å². The lowest BCUT2D eigenvalue weighted by Gasteiger charge is -2.41. The van der Waals surface area contributed by atoms with Crippen LogP contribution < -0.4 is 5.43 Å². The van der Waals surface area contributed by atoms with Crippen molar-refractivity contribution in [2.45, 2.75) is 51.2 Å². The lowest BCUT2D eigenvalue weighted by Crippen LogP contribution is -2.53. The highest BCUT2D eigenvalue weighted by molar-refractivity contribution is 7.14. The third-order valence-corrected chi connectivity index (χ3v) is 6.92. The average molecular weight is 441 g/mol. The number of hydrogen-bond donors (Lipinski definition) is 1. The number of carbonyl (C=O) groups is 1. The van der Waals surface area contributed by atoms with Gasteiger partial charge in [0, 0.05) is 25.2 Å². The number of pyridine rings is 1. The molecule has 1 saturated carbocycles. The SMILES string of the molecule is CC(C)N1C(=O)c2c(O)c(=O)c(-c3nnc(Cc4ccc(F)cc4)s3)cn2CC12CC2. The molecule has 1 N–H and O–H groups in total. The van der Waals surface area contributed by atoms with Crippen molar-refractivity contribution in [1.82, 2.24) is 19.7 Å². The predicted molar refractivity (Wildman–Crippen MR) is 114 cm³/mol. The van der Waals surface area contributed by atoms with Crippen LogP contribution in [0.25, 0.3) is 10.6 Å². The maximum Gasteiger partial charge on any atom is 0.275 e. The molecule has 1 amide bonds. The molecule has 0 atom stereocenters. The highest BCUT2D eigenvalue weighted by Crippen LogP contribution is 2.48. The number of rotatable bonds is 4. The number of aromatic hydroxyl groups is 1. The van der Waals surface area contributed by atoms with Gasteiger partial charge in [-0.05, 0) is 44.4 Å². The number of nitrogens with zero attached hydrogens (tertiary/aromatic N) is 4. The summed E-state index contributed by atoms with van der Waals surface area (Å²) >= 11 is 1.24. The van der Waals surface area contributed by atoms with Gasteiger partial charge in [0.15, 0.2) is 16.5 Å². The van der Waals surface area contributed by atoms with Crippen LogP contribution in [0.3, 0.4) is 0 Å². The van der Waals surface area contributed by atoms with Gasteiger partial charge in [0.25, 0.3) is 5.91 Å². The van der Waals surface area contributed by atoms with E-state index in [1.807, 2.05) is 13.8 Å². The topological polar surface area (TPSA) is 88.3 Å². The van der Waals surface area contributed by atoms with Gasteiger partial charge in [-0.2, -0.15) is 0 Å². The minimum absolute atomic E-state index is 0.0184. The van der Waals surface area contributed by atoms with Crippen molar-refractivity contribution in [3.8, 4) is 16.3 Å². The summed E-state index contributed by atoms with van der Waals surface area (Å²) in [6.45, 7) is 4.43. The summed E-state index contributed by atoms with van der Waals surface area (Å²) in [5, 5.41) is 20.0. The molecule has 160 valence electrons. The second-order valence-electron chi connectivity index (χ2n) is 8.49. The summed E-state index contributed by atoms with van der Waals surface area (Å²) in [4.78, 5) is 27.8. The third kappa shape index (κ3) is 3.23. The first-order valence-electron chi connectivity index (χ1n) is 10.2. The van der Waals surface area contributed by atoms with Gasteiger partial charge < -0.3 is 14.6 Å². The van der Waals surface area contributed by atoms with E-state index in [4.69, 9.17) is 0 Å². The molecule has 2 aliphatic rings. The first kappa shape index (κ1) is 19.9. The van der Waals surface area contributed by atoms with Crippen LogP contribution in [0.15, 0.2) is 35.3 Å². The predicted octanol–water partition coefficient (Wildman–Crippen LogP) is 3.20. The van der Waals surface area contributed by atoms with Crippen molar-refractivity contribution in [2.24, 2.45) is 0 Å². The smallest absolute Gasteiger partial charge is 0.275 e. The molecule has 0 bridgehead atoms. The van der Waals surface area contributed by atoms with E-state index in [-0.39, 0.29) is 34.6 Å². The second kappa shape index (κ2) is 6.98. The fraction of sp³-hybridized carbons (Fsp3) is 0.364. The summed E-state index contributed by atoms with van der Waals surface area (Å²) in [5.74, 6) is -1.16. The Balaban J connectivity index is 1.52. The van der Waals surface area contributed by atoms with E-state index in [0.717, 1.165) is 18.4 Å².